The third-order valence-corrected chi connectivity index (χ3v) is 5.22. The molecule has 0 unspecified atom stereocenters. The van der Waals surface area contributed by atoms with E-state index < -0.39 is 14.0 Å². The van der Waals surface area contributed by atoms with E-state index in [0.29, 0.717) is 24.7 Å². The van der Waals surface area contributed by atoms with Crippen LogP contribution in [0.15, 0.2) is 36.4 Å². The van der Waals surface area contributed by atoms with Gasteiger partial charge in [0.2, 0.25) is 0 Å². The number of hydrogen-bond donors (Lipinski definition) is 1. The highest BCUT2D eigenvalue weighted by atomic mass is 28.3. The van der Waals surface area contributed by atoms with Gasteiger partial charge in [0.05, 0.1) is 6.61 Å². The lowest BCUT2D eigenvalue weighted by molar-refractivity contribution is 0.0455. The van der Waals surface area contributed by atoms with Crippen LogP contribution in [-0.2, 0) is 16.2 Å². The molecule has 1 N–H and O–H groups in total. The molecule has 1 aromatic heterocycles. The van der Waals surface area contributed by atoms with Crippen molar-refractivity contribution in [1.29, 1.82) is 0 Å². The van der Waals surface area contributed by atoms with Gasteiger partial charge in [-0.05, 0) is 25.1 Å². The van der Waals surface area contributed by atoms with Gasteiger partial charge in [0.25, 0.3) is 0 Å². The summed E-state index contributed by atoms with van der Waals surface area (Å²) in [5.74, 6) is 0.188. The monoisotopic (exact) mass is 361 g/mol. The molecule has 0 fully saturated rings. The first kappa shape index (κ1) is 19.2. The largest absolute Gasteiger partial charge is 0.461 e. The molecule has 1 heterocycles. The van der Waals surface area contributed by atoms with E-state index in [9.17, 15) is 4.79 Å². The second-order valence-corrected chi connectivity index (χ2v) is 12.6. The van der Waals surface area contributed by atoms with Crippen molar-refractivity contribution in [2.45, 2.75) is 39.3 Å². The molecule has 2 aromatic rings. The molecule has 7 heteroatoms. The molecule has 0 saturated heterocycles. The van der Waals surface area contributed by atoms with E-state index in [0.717, 1.165) is 11.7 Å². The van der Waals surface area contributed by atoms with E-state index in [1.165, 1.54) is 0 Å². The third-order valence-electron chi connectivity index (χ3n) is 3.52. The summed E-state index contributed by atoms with van der Waals surface area (Å²) in [6.45, 7) is 9.91. The van der Waals surface area contributed by atoms with Crippen LogP contribution in [0, 0.1) is 0 Å². The number of para-hydroxylation sites is 1. The van der Waals surface area contributed by atoms with Crippen molar-refractivity contribution in [3.63, 3.8) is 0 Å². The van der Waals surface area contributed by atoms with Crippen molar-refractivity contribution >= 4 is 25.5 Å². The fourth-order valence-corrected chi connectivity index (χ4v) is 2.90. The van der Waals surface area contributed by atoms with Crippen LogP contribution in [0.4, 0.5) is 11.5 Å². The standard InChI is InChI=1S/C18H27N3O3Si/c1-5-24-18(22)16-13-17(19-15-9-7-6-8-10-15)20-21(16)14-23-11-12-25(2,3)4/h6-10,13H,5,11-12,14H2,1-4H3,(H,19,20). The van der Waals surface area contributed by atoms with E-state index in [-0.39, 0.29) is 6.73 Å². The van der Waals surface area contributed by atoms with E-state index in [2.05, 4.69) is 30.1 Å². The molecule has 1 aromatic carbocycles. The Labute approximate surface area is 150 Å². The molecule has 0 amide bonds. The van der Waals surface area contributed by atoms with E-state index in [1.54, 1.807) is 17.7 Å². The second-order valence-electron chi connectivity index (χ2n) is 6.97. The van der Waals surface area contributed by atoms with Crippen molar-refractivity contribution in [2.24, 2.45) is 0 Å². The van der Waals surface area contributed by atoms with Gasteiger partial charge in [-0.3, -0.25) is 0 Å². The Morgan fingerprint density at radius 3 is 2.60 bits per heavy atom. The first-order valence-corrected chi connectivity index (χ1v) is 12.2. The molecular weight excluding hydrogens is 334 g/mol. The number of benzene rings is 1. The van der Waals surface area contributed by atoms with Crippen molar-refractivity contribution in [2.75, 3.05) is 18.5 Å². The number of carbonyl (C=O) groups is 1. The maximum absolute atomic E-state index is 12.2. The molecule has 0 aliphatic heterocycles. The fourth-order valence-electron chi connectivity index (χ4n) is 2.14. The van der Waals surface area contributed by atoms with E-state index in [4.69, 9.17) is 9.47 Å². The lowest BCUT2D eigenvalue weighted by atomic mass is 10.3. The Kier molecular flexibility index (Phi) is 6.78. The van der Waals surface area contributed by atoms with Gasteiger partial charge in [0.15, 0.2) is 11.5 Å². The SMILES string of the molecule is CCOC(=O)c1cc(Nc2ccccc2)nn1COCC[Si](C)(C)C. The van der Waals surface area contributed by atoms with Crippen LogP contribution < -0.4 is 5.32 Å². The van der Waals surface area contributed by atoms with Gasteiger partial charge in [-0.2, -0.15) is 5.10 Å². The van der Waals surface area contributed by atoms with Gasteiger partial charge in [-0.25, -0.2) is 9.48 Å². The summed E-state index contributed by atoms with van der Waals surface area (Å²) in [6.07, 6.45) is 0. The normalized spacial score (nSPS) is 11.4. The summed E-state index contributed by atoms with van der Waals surface area (Å²) in [4.78, 5) is 12.2. The number of anilines is 2. The molecule has 2 rings (SSSR count). The molecule has 0 bridgehead atoms. The molecule has 25 heavy (non-hydrogen) atoms. The van der Waals surface area contributed by atoms with E-state index >= 15 is 0 Å². The van der Waals surface area contributed by atoms with Crippen LogP contribution in [0.25, 0.3) is 0 Å². The maximum Gasteiger partial charge on any atom is 0.356 e. The lowest BCUT2D eigenvalue weighted by Crippen LogP contribution is -2.22. The molecule has 0 aliphatic rings. The molecule has 0 atom stereocenters. The minimum absolute atomic E-state index is 0.231. The van der Waals surface area contributed by atoms with Crippen LogP contribution in [0.1, 0.15) is 17.4 Å². The Bertz CT molecular complexity index is 681. The number of ether oxygens (including phenoxy) is 2. The van der Waals surface area contributed by atoms with Crippen LogP contribution in [-0.4, -0.2) is 37.0 Å². The van der Waals surface area contributed by atoms with Gasteiger partial charge in [-0.15, -0.1) is 0 Å². The van der Waals surface area contributed by atoms with Crippen LogP contribution in [0.5, 0.6) is 0 Å². The lowest BCUT2D eigenvalue weighted by Gasteiger charge is -2.15. The van der Waals surface area contributed by atoms with Crippen LogP contribution in [0.2, 0.25) is 25.7 Å². The minimum Gasteiger partial charge on any atom is -0.461 e. The minimum atomic E-state index is -1.15. The maximum atomic E-state index is 12.2. The second kappa shape index (κ2) is 8.82. The summed E-state index contributed by atoms with van der Waals surface area (Å²) >= 11 is 0. The molecule has 6 nitrogen and oxygen atoms in total. The number of rotatable bonds is 9. The smallest absolute Gasteiger partial charge is 0.356 e. The predicted molar refractivity (Wildman–Crippen MR) is 102 cm³/mol. The van der Waals surface area contributed by atoms with Gasteiger partial charge < -0.3 is 14.8 Å². The highest BCUT2D eigenvalue weighted by Gasteiger charge is 2.17. The number of hydrogen-bond acceptors (Lipinski definition) is 5. The molecule has 136 valence electrons. The number of esters is 1. The average Bonchev–Trinajstić information content (AvgIpc) is 2.95. The third kappa shape index (κ3) is 6.36. The molecule has 0 spiro atoms. The van der Waals surface area contributed by atoms with Crippen molar-refractivity contribution < 1.29 is 14.3 Å². The number of nitrogens with one attached hydrogen (secondary N) is 1. The molecule has 0 saturated carbocycles. The van der Waals surface area contributed by atoms with Gasteiger partial charge in [-0.1, -0.05) is 37.8 Å². The summed E-state index contributed by atoms with van der Waals surface area (Å²) < 4.78 is 12.4. The quantitative estimate of drug-likeness (QED) is 0.413. The zero-order valence-corrected chi connectivity index (χ0v) is 16.4. The molecule has 0 radical (unpaired) electrons. The Morgan fingerprint density at radius 2 is 1.96 bits per heavy atom. The number of carbonyl (C=O) groups excluding carboxylic acids is 1. The van der Waals surface area contributed by atoms with Crippen molar-refractivity contribution in [3.05, 3.63) is 42.1 Å². The predicted octanol–water partition coefficient (Wildman–Crippen LogP) is 4.12. The highest BCUT2D eigenvalue weighted by molar-refractivity contribution is 6.76. The highest BCUT2D eigenvalue weighted by Crippen LogP contribution is 2.17. The first-order chi connectivity index (χ1) is 11.9. The summed E-state index contributed by atoms with van der Waals surface area (Å²) in [5.41, 5.74) is 1.29. The Balaban J connectivity index is 2.08. The summed E-state index contributed by atoms with van der Waals surface area (Å²) in [7, 11) is -1.15. The Morgan fingerprint density at radius 1 is 1.24 bits per heavy atom. The summed E-state index contributed by atoms with van der Waals surface area (Å²) in [6, 6.07) is 12.4. The fraction of sp³-hybridized carbons (Fsp3) is 0.444. The number of nitrogens with zero attached hydrogens (tertiary/aromatic N) is 2. The van der Waals surface area contributed by atoms with Gasteiger partial charge in [0.1, 0.15) is 6.73 Å². The van der Waals surface area contributed by atoms with Crippen molar-refractivity contribution in [1.82, 2.24) is 9.78 Å². The van der Waals surface area contributed by atoms with Gasteiger partial charge in [0, 0.05) is 26.4 Å². The topological polar surface area (TPSA) is 65.4 Å². The van der Waals surface area contributed by atoms with Crippen LogP contribution in [0.3, 0.4) is 0 Å². The number of aromatic nitrogens is 2. The zero-order chi connectivity index (χ0) is 18.3. The molecular formula is C18H27N3O3Si. The van der Waals surface area contributed by atoms with Crippen LogP contribution >= 0.6 is 0 Å². The van der Waals surface area contributed by atoms with E-state index in [1.807, 2.05) is 30.3 Å². The molecule has 0 aliphatic carbocycles. The van der Waals surface area contributed by atoms with Crippen molar-refractivity contribution in [3.8, 4) is 0 Å². The average molecular weight is 362 g/mol. The van der Waals surface area contributed by atoms with Gasteiger partial charge >= 0.3 is 5.97 Å². The Hall–Kier alpha value is -2.12. The zero-order valence-electron chi connectivity index (χ0n) is 15.4. The first-order valence-electron chi connectivity index (χ1n) is 8.54. The summed E-state index contributed by atoms with van der Waals surface area (Å²) in [5, 5.41) is 7.62.